The van der Waals surface area contributed by atoms with Crippen LogP contribution in [-0.2, 0) is 6.42 Å². The van der Waals surface area contributed by atoms with Crippen molar-refractivity contribution in [2.45, 2.75) is 39.0 Å². The average Bonchev–Trinajstić information content (AvgIpc) is 2.35. The first-order chi connectivity index (χ1) is 8.27. The van der Waals surface area contributed by atoms with Crippen molar-refractivity contribution >= 4 is 24.2 Å². The average molecular weight is 273 g/mol. The van der Waals surface area contributed by atoms with E-state index >= 15 is 0 Å². The van der Waals surface area contributed by atoms with E-state index in [1.807, 2.05) is 18.2 Å². The van der Waals surface area contributed by atoms with Crippen molar-refractivity contribution < 1.29 is 4.74 Å². The highest BCUT2D eigenvalue weighted by atomic mass is 35.5. The molecule has 0 radical (unpaired) electrons. The zero-order valence-corrected chi connectivity index (χ0v) is 12.1. The van der Waals surface area contributed by atoms with Gasteiger partial charge in [0, 0.05) is 5.02 Å². The Kier molecular flexibility index (Phi) is 7.54. The summed E-state index contributed by atoms with van der Waals surface area (Å²) in [6, 6.07) is 5.89. The van der Waals surface area contributed by atoms with Crippen LogP contribution in [0.2, 0.25) is 5.02 Å². The van der Waals surface area contributed by atoms with Gasteiger partial charge in [0.1, 0.15) is 5.75 Å². The van der Waals surface area contributed by atoms with Crippen molar-refractivity contribution in [2.75, 3.05) is 12.4 Å². The Morgan fingerprint density at radius 1 is 1.18 bits per heavy atom. The van der Waals surface area contributed by atoms with E-state index in [-0.39, 0.29) is 0 Å². The van der Waals surface area contributed by atoms with Crippen LogP contribution in [0.4, 0.5) is 0 Å². The van der Waals surface area contributed by atoms with Crippen molar-refractivity contribution in [3.8, 4) is 5.75 Å². The van der Waals surface area contributed by atoms with Gasteiger partial charge in [-0.05, 0) is 48.8 Å². The van der Waals surface area contributed by atoms with Gasteiger partial charge in [0.05, 0.1) is 6.61 Å². The number of ether oxygens (including phenoxy) is 1. The number of hydrogen-bond donors (Lipinski definition) is 1. The molecule has 0 saturated heterocycles. The lowest BCUT2D eigenvalue weighted by Gasteiger charge is -2.08. The van der Waals surface area contributed by atoms with Gasteiger partial charge in [-0.3, -0.25) is 0 Å². The van der Waals surface area contributed by atoms with Gasteiger partial charge in [-0.15, -0.1) is 0 Å². The Hall–Kier alpha value is -0.340. The molecule has 1 nitrogen and oxygen atoms in total. The number of aryl methyl sites for hydroxylation is 1. The molecule has 1 rings (SSSR count). The number of halogens is 1. The first-order valence-electron chi connectivity index (χ1n) is 6.30. The molecule has 0 unspecified atom stereocenters. The molecular weight excluding hydrogens is 252 g/mol. The Balaban J connectivity index is 2.27. The van der Waals surface area contributed by atoms with E-state index in [4.69, 9.17) is 16.3 Å². The maximum Gasteiger partial charge on any atom is 0.119 e. The lowest BCUT2D eigenvalue weighted by Crippen LogP contribution is -1.98. The molecule has 0 aliphatic rings. The van der Waals surface area contributed by atoms with Crippen LogP contribution in [0.15, 0.2) is 18.2 Å². The van der Waals surface area contributed by atoms with Crippen LogP contribution in [0.3, 0.4) is 0 Å². The summed E-state index contributed by atoms with van der Waals surface area (Å²) in [5.74, 6) is 1.91. The van der Waals surface area contributed by atoms with E-state index in [9.17, 15) is 0 Å². The van der Waals surface area contributed by atoms with Crippen molar-refractivity contribution in [2.24, 2.45) is 0 Å². The van der Waals surface area contributed by atoms with E-state index < -0.39 is 0 Å². The van der Waals surface area contributed by atoms with Crippen LogP contribution in [0.25, 0.3) is 0 Å². The van der Waals surface area contributed by atoms with Gasteiger partial charge >= 0.3 is 0 Å². The maximum absolute atomic E-state index is 6.05. The molecule has 0 amide bonds. The summed E-state index contributed by atoms with van der Waals surface area (Å²) in [5, 5.41) is 0.827. The highest BCUT2D eigenvalue weighted by molar-refractivity contribution is 7.80. The van der Waals surface area contributed by atoms with Crippen molar-refractivity contribution in [1.29, 1.82) is 0 Å². The molecule has 17 heavy (non-hydrogen) atoms. The van der Waals surface area contributed by atoms with E-state index in [2.05, 4.69) is 19.6 Å². The molecule has 0 atom stereocenters. The molecule has 0 fully saturated rings. The summed E-state index contributed by atoms with van der Waals surface area (Å²) < 4.78 is 5.71. The molecular formula is C14H21ClOS. The number of rotatable bonds is 8. The Morgan fingerprint density at radius 2 is 1.94 bits per heavy atom. The molecule has 0 aliphatic carbocycles. The second-order valence-corrected chi connectivity index (χ2v) is 4.95. The fraction of sp³-hybridized carbons (Fsp3) is 0.571. The van der Waals surface area contributed by atoms with Gasteiger partial charge in [0.15, 0.2) is 0 Å². The predicted octanol–water partition coefficient (Wildman–Crippen LogP) is 4.77. The Labute approximate surface area is 115 Å². The maximum atomic E-state index is 6.05. The van der Waals surface area contributed by atoms with Gasteiger partial charge in [0.25, 0.3) is 0 Å². The van der Waals surface area contributed by atoms with Gasteiger partial charge in [-0.1, -0.05) is 31.4 Å². The lowest BCUT2D eigenvalue weighted by molar-refractivity contribution is 0.305. The molecule has 1 aromatic carbocycles. The summed E-state index contributed by atoms with van der Waals surface area (Å²) >= 11 is 10.2. The third-order valence-electron chi connectivity index (χ3n) is 2.72. The minimum Gasteiger partial charge on any atom is -0.494 e. The van der Waals surface area contributed by atoms with Gasteiger partial charge in [-0.2, -0.15) is 12.6 Å². The highest BCUT2D eigenvalue weighted by Crippen LogP contribution is 2.22. The smallest absolute Gasteiger partial charge is 0.119 e. The van der Waals surface area contributed by atoms with Crippen molar-refractivity contribution in [1.82, 2.24) is 0 Å². The summed E-state index contributed by atoms with van der Waals surface area (Å²) in [4.78, 5) is 0. The Bertz CT molecular complexity index is 328. The van der Waals surface area contributed by atoms with E-state index in [0.29, 0.717) is 0 Å². The number of thiol groups is 1. The summed E-state index contributed by atoms with van der Waals surface area (Å²) in [6.45, 7) is 2.89. The highest BCUT2D eigenvalue weighted by Gasteiger charge is 2.00. The summed E-state index contributed by atoms with van der Waals surface area (Å²) in [5.41, 5.74) is 1.15. The molecule has 0 heterocycles. The van der Waals surface area contributed by atoms with Gasteiger partial charge < -0.3 is 4.74 Å². The summed E-state index contributed by atoms with van der Waals surface area (Å²) in [6.07, 6.45) is 5.71. The standard InChI is InChI=1S/C14H21ClOS/c1-2-12-11-13(7-8-14(12)15)16-9-5-3-4-6-10-17/h7-8,11,17H,2-6,9-10H2,1H3. The van der Waals surface area contributed by atoms with Gasteiger partial charge in [-0.25, -0.2) is 0 Å². The first-order valence-corrected chi connectivity index (χ1v) is 7.31. The SMILES string of the molecule is CCc1cc(OCCCCCCS)ccc1Cl. The van der Waals surface area contributed by atoms with Crippen LogP contribution in [0.5, 0.6) is 5.75 Å². The third-order valence-corrected chi connectivity index (χ3v) is 3.40. The largest absolute Gasteiger partial charge is 0.494 e. The van der Waals surface area contributed by atoms with Crippen LogP contribution in [0.1, 0.15) is 38.2 Å². The zero-order valence-electron chi connectivity index (χ0n) is 10.4. The molecule has 96 valence electrons. The zero-order chi connectivity index (χ0) is 12.5. The second kappa shape index (κ2) is 8.71. The fourth-order valence-electron chi connectivity index (χ4n) is 1.67. The van der Waals surface area contributed by atoms with Gasteiger partial charge in [0.2, 0.25) is 0 Å². The number of unbranched alkanes of at least 4 members (excludes halogenated alkanes) is 3. The van der Waals surface area contributed by atoms with Crippen molar-refractivity contribution in [3.63, 3.8) is 0 Å². The third kappa shape index (κ3) is 5.69. The van der Waals surface area contributed by atoms with E-state index in [1.165, 1.54) is 19.3 Å². The molecule has 0 saturated carbocycles. The molecule has 0 spiro atoms. The molecule has 0 bridgehead atoms. The number of hydrogen-bond acceptors (Lipinski definition) is 2. The van der Waals surface area contributed by atoms with Crippen LogP contribution in [0, 0.1) is 0 Å². The molecule has 1 aromatic rings. The lowest BCUT2D eigenvalue weighted by atomic mass is 10.1. The predicted molar refractivity (Wildman–Crippen MR) is 78.6 cm³/mol. The summed E-state index contributed by atoms with van der Waals surface area (Å²) in [7, 11) is 0. The first kappa shape index (κ1) is 14.7. The molecule has 0 aliphatic heterocycles. The van der Waals surface area contributed by atoms with Crippen LogP contribution >= 0.6 is 24.2 Å². The minimum absolute atomic E-state index is 0.789. The van der Waals surface area contributed by atoms with Crippen LogP contribution < -0.4 is 4.74 Å². The minimum atomic E-state index is 0.789. The van der Waals surface area contributed by atoms with Crippen molar-refractivity contribution in [3.05, 3.63) is 28.8 Å². The van der Waals surface area contributed by atoms with E-state index in [0.717, 1.165) is 41.5 Å². The molecule has 0 N–H and O–H groups in total. The molecule has 0 aromatic heterocycles. The Morgan fingerprint density at radius 3 is 2.65 bits per heavy atom. The normalized spacial score (nSPS) is 10.5. The molecule has 3 heteroatoms. The van der Waals surface area contributed by atoms with Crippen LogP contribution in [-0.4, -0.2) is 12.4 Å². The second-order valence-electron chi connectivity index (χ2n) is 4.09. The quantitative estimate of drug-likeness (QED) is 0.530. The monoisotopic (exact) mass is 272 g/mol. The van der Waals surface area contributed by atoms with E-state index in [1.54, 1.807) is 0 Å². The topological polar surface area (TPSA) is 9.23 Å². The number of benzene rings is 1. The fourth-order valence-corrected chi connectivity index (χ4v) is 2.14.